The fraction of sp³-hybridized carbons (Fsp3) is 0.417. The van der Waals surface area contributed by atoms with E-state index < -0.39 is 0 Å². The smallest absolute Gasteiger partial charge is 0.234 e. The highest BCUT2D eigenvalue weighted by atomic mass is 32.2. The summed E-state index contributed by atoms with van der Waals surface area (Å²) in [7, 11) is 0. The highest BCUT2D eigenvalue weighted by Gasteiger charge is 2.16. The molecule has 6 heteroatoms. The van der Waals surface area contributed by atoms with Crippen molar-refractivity contribution in [2.75, 3.05) is 23.0 Å². The van der Waals surface area contributed by atoms with Crippen molar-refractivity contribution >= 4 is 35.0 Å². The van der Waals surface area contributed by atoms with Gasteiger partial charge in [-0.25, -0.2) is 0 Å². The van der Waals surface area contributed by atoms with Gasteiger partial charge in [-0.3, -0.25) is 9.59 Å². The first kappa shape index (κ1) is 23.8. The van der Waals surface area contributed by atoms with Gasteiger partial charge < -0.3 is 15.4 Å². The van der Waals surface area contributed by atoms with Gasteiger partial charge in [0.2, 0.25) is 11.8 Å². The molecule has 30 heavy (non-hydrogen) atoms. The van der Waals surface area contributed by atoms with Gasteiger partial charge in [0.1, 0.15) is 5.75 Å². The monoisotopic (exact) mass is 428 g/mol. The van der Waals surface area contributed by atoms with E-state index in [1.807, 2.05) is 69.3 Å². The number of carbonyl (C=O) groups is 2. The Morgan fingerprint density at radius 1 is 0.967 bits per heavy atom. The molecule has 0 aliphatic carbocycles. The van der Waals surface area contributed by atoms with Gasteiger partial charge in [-0.1, -0.05) is 40.2 Å². The summed E-state index contributed by atoms with van der Waals surface area (Å²) in [6.07, 6.45) is 2.57. The lowest BCUT2D eigenvalue weighted by Crippen LogP contribution is -2.19. The van der Waals surface area contributed by atoms with Gasteiger partial charge in [0.05, 0.1) is 12.4 Å². The molecule has 0 spiro atoms. The maximum atomic E-state index is 12.3. The van der Waals surface area contributed by atoms with E-state index in [1.165, 1.54) is 11.8 Å². The first-order chi connectivity index (χ1) is 14.2. The number of rotatable bonds is 10. The second-order valence-corrected chi connectivity index (χ2v) is 9.43. The summed E-state index contributed by atoms with van der Waals surface area (Å²) in [5.74, 6) is 1.00. The van der Waals surface area contributed by atoms with Gasteiger partial charge >= 0.3 is 0 Å². The lowest BCUT2D eigenvalue weighted by atomic mass is 9.92. The van der Waals surface area contributed by atoms with Crippen molar-refractivity contribution < 1.29 is 14.3 Å². The van der Waals surface area contributed by atoms with Crippen molar-refractivity contribution in [1.82, 2.24) is 0 Å². The Morgan fingerprint density at radius 2 is 1.67 bits per heavy atom. The number of hydrogen-bond acceptors (Lipinski definition) is 4. The van der Waals surface area contributed by atoms with Gasteiger partial charge in [0.15, 0.2) is 0 Å². The number of thioether (sulfide) groups is 1. The average molecular weight is 429 g/mol. The molecule has 2 rings (SSSR count). The molecule has 2 aromatic carbocycles. The normalized spacial score (nSPS) is 11.1. The van der Waals surface area contributed by atoms with Crippen LogP contribution in [-0.4, -0.2) is 24.2 Å². The van der Waals surface area contributed by atoms with Crippen LogP contribution < -0.4 is 15.4 Å². The zero-order valence-electron chi connectivity index (χ0n) is 18.3. The van der Waals surface area contributed by atoms with Crippen molar-refractivity contribution in [1.29, 1.82) is 0 Å². The number of hydrogen-bond donors (Lipinski definition) is 2. The Hall–Kier alpha value is -2.47. The van der Waals surface area contributed by atoms with Crippen LogP contribution in [0.25, 0.3) is 0 Å². The topological polar surface area (TPSA) is 67.4 Å². The first-order valence-corrected chi connectivity index (χ1v) is 11.3. The molecule has 0 aromatic heterocycles. The molecule has 0 saturated heterocycles. The van der Waals surface area contributed by atoms with E-state index >= 15 is 0 Å². The van der Waals surface area contributed by atoms with Crippen LogP contribution in [0.5, 0.6) is 5.75 Å². The minimum Gasteiger partial charge on any atom is -0.494 e. The van der Waals surface area contributed by atoms with Gasteiger partial charge in [-0.2, -0.15) is 0 Å². The van der Waals surface area contributed by atoms with Crippen LogP contribution in [0.2, 0.25) is 0 Å². The molecule has 2 aromatic rings. The maximum absolute atomic E-state index is 12.3. The van der Waals surface area contributed by atoms with E-state index in [-0.39, 0.29) is 23.0 Å². The molecule has 0 saturated carbocycles. The third-order valence-corrected chi connectivity index (χ3v) is 5.08. The minimum atomic E-state index is -0.0816. The quantitative estimate of drug-likeness (QED) is 0.361. The van der Waals surface area contributed by atoms with Gasteiger partial charge in [-0.05, 0) is 54.3 Å². The third kappa shape index (κ3) is 9.35. The summed E-state index contributed by atoms with van der Waals surface area (Å²) < 4.78 is 5.63. The molecular formula is C24H32N2O3S. The van der Waals surface area contributed by atoms with Gasteiger partial charge in [0, 0.05) is 22.7 Å². The predicted molar refractivity (Wildman–Crippen MR) is 125 cm³/mol. The maximum Gasteiger partial charge on any atom is 0.234 e. The van der Waals surface area contributed by atoms with Crippen molar-refractivity contribution in [2.45, 2.75) is 51.9 Å². The lowest BCUT2D eigenvalue weighted by Gasteiger charge is -2.17. The largest absolute Gasteiger partial charge is 0.494 e. The molecule has 0 aliphatic rings. The van der Waals surface area contributed by atoms with E-state index in [2.05, 4.69) is 17.6 Å². The Morgan fingerprint density at radius 3 is 2.33 bits per heavy atom. The summed E-state index contributed by atoms with van der Waals surface area (Å²) in [6, 6.07) is 15.0. The van der Waals surface area contributed by atoms with Crippen molar-refractivity contribution in [2.24, 2.45) is 5.41 Å². The van der Waals surface area contributed by atoms with Gasteiger partial charge in [0.25, 0.3) is 0 Å². The molecule has 0 aliphatic heterocycles. The number of amides is 2. The minimum absolute atomic E-state index is 0.00971. The van der Waals surface area contributed by atoms with Crippen LogP contribution >= 0.6 is 11.8 Å². The summed E-state index contributed by atoms with van der Waals surface area (Å²) in [5.41, 5.74) is 1.42. The predicted octanol–water partition coefficient (Wildman–Crippen LogP) is 5.97. The van der Waals surface area contributed by atoms with Crippen molar-refractivity contribution in [3.8, 4) is 5.75 Å². The fourth-order valence-electron chi connectivity index (χ4n) is 2.67. The van der Waals surface area contributed by atoms with Crippen LogP contribution in [0.3, 0.4) is 0 Å². The van der Waals surface area contributed by atoms with Crippen LogP contribution in [0.15, 0.2) is 53.4 Å². The molecule has 0 radical (unpaired) electrons. The van der Waals surface area contributed by atoms with Crippen LogP contribution in [0.4, 0.5) is 11.4 Å². The zero-order valence-corrected chi connectivity index (χ0v) is 19.1. The van der Waals surface area contributed by atoms with Crippen LogP contribution in [-0.2, 0) is 9.59 Å². The molecule has 0 heterocycles. The average Bonchev–Trinajstić information content (AvgIpc) is 2.67. The molecular weight excluding hydrogens is 396 g/mol. The number of carbonyl (C=O) groups excluding carboxylic acids is 2. The number of unbranched alkanes of at least 4 members (excludes halogenated alkanes) is 1. The number of ether oxygens (including phenoxy) is 1. The molecule has 5 nitrogen and oxygen atoms in total. The molecule has 162 valence electrons. The van der Waals surface area contributed by atoms with Crippen LogP contribution in [0.1, 0.15) is 47.0 Å². The zero-order chi connectivity index (χ0) is 22.0. The Balaban J connectivity index is 1.81. The van der Waals surface area contributed by atoms with E-state index in [0.717, 1.165) is 34.9 Å². The summed E-state index contributed by atoms with van der Waals surface area (Å²) >= 11 is 1.43. The molecule has 0 atom stereocenters. The summed E-state index contributed by atoms with van der Waals surface area (Å²) in [4.78, 5) is 25.3. The number of nitrogens with one attached hydrogen (secondary N) is 2. The van der Waals surface area contributed by atoms with E-state index in [9.17, 15) is 9.59 Å². The number of anilines is 2. The van der Waals surface area contributed by atoms with Gasteiger partial charge in [-0.15, -0.1) is 11.8 Å². The van der Waals surface area contributed by atoms with Crippen LogP contribution in [0, 0.1) is 5.41 Å². The molecule has 0 fully saturated rings. The Labute approximate surface area is 184 Å². The summed E-state index contributed by atoms with van der Waals surface area (Å²) in [5, 5.41) is 5.82. The fourth-order valence-corrected chi connectivity index (χ4v) is 3.42. The van der Waals surface area contributed by atoms with E-state index in [4.69, 9.17) is 4.74 Å². The highest BCUT2D eigenvalue weighted by molar-refractivity contribution is 8.00. The van der Waals surface area contributed by atoms with Crippen molar-refractivity contribution in [3.05, 3.63) is 48.5 Å². The molecule has 2 N–H and O–H groups in total. The van der Waals surface area contributed by atoms with Crippen molar-refractivity contribution in [3.63, 3.8) is 0 Å². The highest BCUT2D eigenvalue weighted by Crippen LogP contribution is 2.24. The second-order valence-electron chi connectivity index (χ2n) is 8.38. The second kappa shape index (κ2) is 11.6. The third-order valence-electron chi connectivity index (χ3n) is 4.08. The Bertz CT molecular complexity index is 829. The SMILES string of the molecule is CCCCOc1ccc(NC(=O)CSc2cccc(NC(=O)CC(C)(C)C)c2)cc1. The molecule has 0 bridgehead atoms. The lowest BCUT2D eigenvalue weighted by molar-refractivity contribution is -0.118. The standard InChI is InChI=1S/C24H32N2O3S/c1-5-6-14-29-20-12-10-18(11-13-20)25-23(28)17-30-21-9-7-8-19(15-21)26-22(27)16-24(2,3)4/h7-13,15H,5-6,14,16-17H2,1-4H3,(H,25,28)(H,26,27). The Kier molecular flexibility index (Phi) is 9.24. The number of benzene rings is 2. The molecule has 0 unspecified atom stereocenters. The summed E-state index contributed by atoms with van der Waals surface area (Å²) in [6.45, 7) is 8.92. The van der Waals surface area contributed by atoms with E-state index in [0.29, 0.717) is 13.0 Å². The van der Waals surface area contributed by atoms with E-state index in [1.54, 1.807) is 0 Å². The molecule has 2 amide bonds. The first-order valence-electron chi connectivity index (χ1n) is 10.3.